The summed E-state index contributed by atoms with van der Waals surface area (Å²) < 4.78 is 21.7. The zero-order valence-corrected chi connectivity index (χ0v) is 23.2. The van der Waals surface area contributed by atoms with E-state index >= 15 is 0 Å². The molecule has 0 bridgehead atoms. The molecule has 1 aliphatic heterocycles. The van der Waals surface area contributed by atoms with Crippen LogP contribution in [-0.2, 0) is 14.3 Å². The number of nitrogens with zero attached hydrogens (tertiary/aromatic N) is 1. The fraction of sp³-hybridized carbons (Fsp3) is 0.308. The predicted molar refractivity (Wildman–Crippen MR) is 146 cm³/mol. The van der Waals surface area contributed by atoms with E-state index < -0.39 is 23.9 Å². The molecule has 0 aromatic heterocycles. The minimum Gasteiger partial charge on any atom is -0.493 e. The first-order chi connectivity index (χ1) is 18.7. The first-order valence-corrected chi connectivity index (χ1v) is 12.6. The number of ether oxygens (including phenoxy) is 4. The largest absolute Gasteiger partial charge is 0.493 e. The van der Waals surface area contributed by atoms with Crippen molar-refractivity contribution in [1.29, 1.82) is 0 Å². The second-order valence-corrected chi connectivity index (χ2v) is 8.87. The van der Waals surface area contributed by atoms with Gasteiger partial charge in [-0.05, 0) is 50.6 Å². The molecule has 0 saturated heterocycles. The summed E-state index contributed by atoms with van der Waals surface area (Å²) in [6.07, 6.45) is 1.36. The number of urea groups is 1. The van der Waals surface area contributed by atoms with Crippen LogP contribution in [0.2, 0.25) is 10.0 Å². The van der Waals surface area contributed by atoms with Gasteiger partial charge in [-0.25, -0.2) is 15.0 Å². The normalized spacial score (nSPS) is 14.9. The van der Waals surface area contributed by atoms with Crippen LogP contribution in [0.4, 0.5) is 4.79 Å². The average Bonchev–Trinajstić information content (AvgIpc) is 2.88. The molecular formula is C26H28Cl2N4O7. The van der Waals surface area contributed by atoms with Crippen molar-refractivity contribution in [2.75, 3.05) is 26.9 Å². The zero-order chi connectivity index (χ0) is 28.5. The second kappa shape index (κ2) is 13.7. The Hall–Kier alpha value is -3.96. The lowest BCUT2D eigenvalue weighted by Crippen LogP contribution is -2.45. The van der Waals surface area contributed by atoms with Gasteiger partial charge in [-0.1, -0.05) is 29.3 Å². The summed E-state index contributed by atoms with van der Waals surface area (Å²) in [5.41, 5.74) is 4.05. The van der Waals surface area contributed by atoms with Crippen LogP contribution in [0.3, 0.4) is 0 Å². The Labute approximate surface area is 235 Å². The van der Waals surface area contributed by atoms with Crippen molar-refractivity contribution in [2.45, 2.75) is 26.8 Å². The molecule has 3 amide bonds. The predicted octanol–water partition coefficient (Wildman–Crippen LogP) is 4.12. The summed E-state index contributed by atoms with van der Waals surface area (Å²) in [6, 6.07) is 6.73. The van der Waals surface area contributed by atoms with Gasteiger partial charge in [-0.3, -0.25) is 4.79 Å². The highest BCUT2D eigenvalue weighted by molar-refractivity contribution is 6.36. The maximum absolute atomic E-state index is 12.6. The molecule has 13 heteroatoms. The summed E-state index contributed by atoms with van der Waals surface area (Å²) >= 11 is 12.2. The summed E-state index contributed by atoms with van der Waals surface area (Å²) in [4.78, 5) is 37.0. The smallest absolute Gasteiger partial charge is 0.338 e. The molecule has 1 heterocycles. The van der Waals surface area contributed by atoms with E-state index in [1.807, 2.05) is 6.92 Å². The van der Waals surface area contributed by atoms with Crippen LogP contribution < -0.4 is 30.3 Å². The fourth-order valence-electron chi connectivity index (χ4n) is 3.73. The van der Waals surface area contributed by atoms with Crippen molar-refractivity contribution in [3.63, 3.8) is 0 Å². The van der Waals surface area contributed by atoms with Crippen LogP contribution in [0, 0.1) is 0 Å². The van der Waals surface area contributed by atoms with Crippen molar-refractivity contribution in [1.82, 2.24) is 16.1 Å². The Morgan fingerprint density at radius 3 is 2.56 bits per heavy atom. The molecule has 0 saturated carbocycles. The molecule has 1 atom stereocenters. The standard InChI is InChI=1S/C26H28Cl2N4O7/c1-5-37-24-16(9-17(27)11-18(24)28)12-29-32-21(33)13-39-19-8-7-15(10-20(19)36-4)23-22(25(34)38-6-2)14(3)30-26(35)31-23/h7-12,23H,5-6,13H2,1-4H3,(H,32,33)(H2,30,31,35)/b29-12+/t23-/m1/s1. The lowest BCUT2D eigenvalue weighted by atomic mass is 9.95. The Kier molecular flexibility index (Phi) is 10.4. The first-order valence-electron chi connectivity index (χ1n) is 11.9. The molecule has 1 aliphatic rings. The number of hydrogen-bond acceptors (Lipinski definition) is 8. The molecule has 208 valence electrons. The van der Waals surface area contributed by atoms with Crippen molar-refractivity contribution < 1.29 is 33.3 Å². The van der Waals surface area contributed by atoms with Crippen LogP contribution in [-0.4, -0.2) is 51.1 Å². The Morgan fingerprint density at radius 2 is 1.87 bits per heavy atom. The number of rotatable bonds is 11. The van der Waals surface area contributed by atoms with Crippen molar-refractivity contribution in [3.05, 3.63) is 62.8 Å². The summed E-state index contributed by atoms with van der Waals surface area (Å²) in [7, 11) is 1.43. The minimum absolute atomic E-state index is 0.180. The Balaban J connectivity index is 1.70. The van der Waals surface area contributed by atoms with Gasteiger partial charge < -0.3 is 29.6 Å². The van der Waals surface area contributed by atoms with Gasteiger partial charge in [0.05, 0.1) is 43.2 Å². The monoisotopic (exact) mass is 578 g/mol. The van der Waals surface area contributed by atoms with Crippen molar-refractivity contribution in [3.8, 4) is 17.2 Å². The van der Waals surface area contributed by atoms with Crippen LogP contribution in [0.15, 0.2) is 46.7 Å². The van der Waals surface area contributed by atoms with E-state index in [1.54, 1.807) is 44.2 Å². The van der Waals surface area contributed by atoms with Gasteiger partial charge in [0.2, 0.25) is 0 Å². The van der Waals surface area contributed by atoms with Gasteiger partial charge in [-0.2, -0.15) is 5.10 Å². The van der Waals surface area contributed by atoms with Gasteiger partial charge in [0.1, 0.15) is 5.75 Å². The number of methoxy groups -OCH3 is 1. The zero-order valence-electron chi connectivity index (χ0n) is 21.7. The van der Waals surface area contributed by atoms with Crippen LogP contribution in [0.1, 0.15) is 37.9 Å². The summed E-state index contributed by atoms with van der Waals surface area (Å²) in [5, 5.41) is 9.93. The van der Waals surface area contributed by atoms with E-state index in [2.05, 4.69) is 21.2 Å². The molecule has 0 spiro atoms. The lowest BCUT2D eigenvalue weighted by Gasteiger charge is -2.28. The molecule has 0 fully saturated rings. The van der Waals surface area contributed by atoms with E-state index in [0.717, 1.165) is 0 Å². The highest BCUT2D eigenvalue weighted by Gasteiger charge is 2.32. The number of hydrazone groups is 1. The van der Waals surface area contributed by atoms with Crippen LogP contribution in [0.5, 0.6) is 17.2 Å². The third kappa shape index (κ3) is 7.55. The molecular weight excluding hydrogens is 551 g/mol. The number of allylic oxidation sites excluding steroid dienone is 1. The average molecular weight is 579 g/mol. The van der Waals surface area contributed by atoms with E-state index in [1.165, 1.54) is 13.3 Å². The first kappa shape index (κ1) is 29.6. The van der Waals surface area contributed by atoms with Gasteiger partial charge in [-0.15, -0.1) is 0 Å². The molecule has 3 N–H and O–H groups in total. The van der Waals surface area contributed by atoms with E-state index in [0.29, 0.717) is 39.2 Å². The number of esters is 1. The van der Waals surface area contributed by atoms with Crippen LogP contribution >= 0.6 is 23.2 Å². The Bertz CT molecular complexity index is 1310. The fourth-order valence-corrected chi connectivity index (χ4v) is 4.29. The maximum atomic E-state index is 12.6. The van der Waals surface area contributed by atoms with Crippen molar-refractivity contribution >= 4 is 47.3 Å². The Morgan fingerprint density at radius 1 is 1.10 bits per heavy atom. The van der Waals surface area contributed by atoms with Crippen LogP contribution in [0.25, 0.3) is 0 Å². The SMILES string of the molecule is CCOC(=O)C1=C(C)NC(=O)N[C@@H]1c1ccc(OCC(=O)N/N=C/c2cc(Cl)cc(Cl)c2OCC)c(OC)c1. The number of benzene rings is 2. The highest BCUT2D eigenvalue weighted by atomic mass is 35.5. The summed E-state index contributed by atoms with van der Waals surface area (Å²) in [5.74, 6) is -0.162. The number of nitrogens with one attached hydrogen (secondary N) is 3. The number of hydrogen-bond donors (Lipinski definition) is 3. The summed E-state index contributed by atoms with van der Waals surface area (Å²) in [6.45, 7) is 5.31. The molecule has 0 aliphatic carbocycles. The topological polar surface area (TPSA) is 137 Å². The highest BCUT2D eigenvalue weighted by Crippen LogP contribution is 2.35. The van der Waals surface area contributed by atoms with Gasteiger partial charge in [0.25, 0.3) is 5.91 Å². The minimum atomic E-state index is -0.778. The van der Waals surface area contributed by atoms with Gasteiger partial charge >= 0.3 is 12.0 Å². The maximum Gasteiger partial charge on any atom is 0.338 e. The number of carbonyl (C=O) groups excluding carboxylic acids is 3. The molecule has 2 aromatic carbocycles. The quantitative estimate of drug-likeness (QED) is 0.207. The molecule has 11 nitrogen and oxygen atoms in total. The molecule has 39 heavy (non-hydrogen) atoms. The van der Waals surface area contributed by atoms with Gasteiger partial charge in [0.15, 0.2) is 18.1 Å². The number of carbonyl (C=O) groups is 3. The molecule has 0 unspecified atom stereocenters. The number of halogens is 2. The molecule has 3 rings (SSSR count). The van der Waals surface area contributed by atoms with E-state index in [-0.39, 0.29) is 30.3 Å². The van der Waals surface area contributed by atoms with E-state index in [9.17, 15) is 14.4 Å². The number of amides is 3. The van der Waals surface area contributed by atoms with Gasteiger partial charge in [0, 0.05) is 16.3 Å². The molecule has 0 radical (unpaired) electrons. The second-order valence-electron chi connectivity index (χ2n) is 8.02. The molecule has 2 aromatic rings. The lowest BCUT2D eigenvalue weighted by molar-refractivity contribution is -0.139. The van der Waals surface area contributed by atoms with E-state index in [4.69, 9.17) is 42.1 Å². The third-order valence-corrected chi connectivity index (χ3v) is 5.86. The third-order valence-electron chi connectivity index (χ3n) is 5.36. The van der Waals surface area contributed by atoms with Crippen molar-refractivity contribution in [2.24, 2.45) is 5.10 Å².